The summed E-state index contributed by atoms with van der Waals surface area (Å²) in [5.41, 5.74) is 3.99. The quantitative estimate of drug-likeness (QED) is 0.517. The molecule has 0 spiro atoms. The van der Waals surface area contributed by atoms with Crippen LogP contribution in [0.4, 0.5) is 0 Å². The Kier molecular flexibility index (Phi) is 4.26. The zero-order chi connectivity index (χ0) is 15.9. The highest BCUT2D eigenvalue weighted by Crippen LogP contribution is 2.31. The highest BCUT2D eigenvalue weighted by atomic mass is 35.5. The number of aliphatic hydroxyl groups excluding tert-OH is 1. The van der Waals surface area contributed by atoms with Gasteiger partial charge < -0.3 is 14.6 Å². The third-order valence-corrected chi connectivity index (χ3v) is 4.66. The van der Waals surface area contributed by atoms with E-state index in [1.807, 2.05) is 19.1 Å². The van der Waals surface area contributed by atoms with Crippen LogP contribution < -0.4 is 5.63 Å². The first-order valence-electron chi connectivity index (χ1n) is 7.55. The Balaban J connectivity index is 2.24. The molecule has 0 bridgehead atoms. The number of fused-ring (bicyclic) bond motifs is 3. The minimum Gasteiger partial charge on any atom is -0.422 e. The van der Waals surface area contributed by atoms with Crippen LogP contribution in [-0.2, 0) is 19.3 Å². The maximum absolute atomic E-state index is 12.2. The molecule has 0 radical (unpaired) electrons. The van der Waals surface area contributed by atoms with Crippen LogP contribution in [0.25, 0.3) is 11.0 Å². The summed E-state index contributed by atoms with van der Waals surface area (Å²) >= 11 is 6.03. The molecule has 0 saturated heterocycles. The normalized spacial score (nSPS) is 16.0. The molecule has 1 heterocycles. The van der Waals surface area contributed by atoms with Gasteiger partial charge >= 0.3 is 5.63 Å². The van der Waals surface area contributed by atoms with Gasteiger partial charge in [0.05, 0.1) is 5.38 Å². The molecule has 118 valence electrons. The van der Waals surface area contributed by atoms with Gasteiger partial charge in [0.1, 0.15) is 5.58 Å². The van der Waals surface area contributed by atoms with Crippen LogP contribution in [0.15, 0.2) is 21.3 Å². The molecule has 0 amide bonds. The second kappa shape index (κ2) is 6.03. The summed E-state index contributed by atoms with van der Waals surface area (Å²) in [5, 5.41) is 18.6. The lowest BCUT2D eigenvalue weighted by atomic mass is 9.87. The molecule has 1 aromatic heterocycles. The molecule has 2 N–H and O–H groups in total. The van der Waals surface area contributed by atoms with E-state index in [9.17, 15) is 15.0 Å². The first-order chi connectivity index (χ1) is 10.5. The van der Waals surface area contributed by atoms with Crippen molar-refractivity contribution in [2.75, 3.05) is 0 Å². The van der Waals surface area contributed by atoms with E-state index < -0.39 is 11.7 Å². The zero-order valence-electron chi connectivity index (χ0n) is 12.4. The van der Waals surface area contributed by atoms with Crippen LogP contribution in [-0.4, -0.2) is 21.9 Å². The van der Waals surface area contributed by atoms with Crippen LogP contribution >= 0.6 is 11.6 Å². The molecule has 22 heavy (non-hydrogen) atoms. The molecule has 0 saturated carbocycles. The number of rotatable bonds is 3. The SMILES string of the molecule is Cc1cc(CC(Cl)C(O)O)c2c3c(c(=O)oc2c1)CCCC3. The molecule has 1 unspecified atom stereocenters. The van der Waals surface area contributed by atoms with Gasteiger partial charge in [0.25, 0.3) is 0 Å². The number of benzene rings is 1. The van der Waals surface area contributed by atoms with Crippen molar-refractivity contribution in [2.45, 2.75) is 50.7 Å². The van der Waals surface area contributed by atoms with Crippen LogP contribution in [0, 0.1) is 6.92 Å². The molecule has 1 aromatic carbocycles. The molecule has 4 nitrogen and oxygen atoms in total. The number of aryl methyl sites for hydroxylation is 2. The number of alkyl halides is 1. The van der Waals surface area contributed by atoms with Crippen molar-refractivity contribution in [3.8, 4) is 0 Å². The topological polar surface area (TPSA) is 70.7 Å². The maximum Gasteiger partial charge on any atom is 0.339 e. The molecule has 0 aliphatic heterocycles. The van der Waals surface area contributed by atoms with Gasteiger partial charge in [-0.1, -0.05) is 6.07 Å². The molecule has 1 aliphatic carbocycles. The highest BCUT2D eigenvalue weighted by molar-refractivity contribution is 6.21. The van der Waals surface area contributed by atoms with Gasteiger partial charge in [0.2, 0.25) is 0 Å². The number of hydrogen-bond acceptors (Lipinski definition) is 4. The van der Waals surface area contributed by atoms with Gasteiger partial charge in [-0.15, -0.1) is 11.6 Å². The lowest BCUT2D eigenvalue weighted by Gasteiger charge is -2.20. The molecular formula is C17H19ClO4. The van der Waals surface area contributed by atoms with Crippen molar-refractivity contribution >= 4 is 22.6 Å². The second-order valence-electron chi connectivity index (χ2n) is 5.98. The summed E-state index contributed by atoms with van der Waals surface area (Å²) in [6, 6.07) is 3.84. The molecule has 3 rings (SSSR count). The van der Waals surface area contributed by atoms with Crippen molar-refractivity contribution < 1.29 is 14.6 Å². The van der Waals surface area contributed by atoms with Crippen LogP contribution in [0.1, 0.15) is 35.1 Å². The second-order valence-corrected chi connectivity index (χ2v) is 6.55. The Morgan fingerprint density at radius 1 is 1.23 bits per heavy atom. The Labute approximate surface area is 133 Å². The Morgan fingerprint density at radius 2 is 1.91 bits per heavy atom. The fourth-order valence-electron chi connectivity index (χ4n) is 3.29. The molecule has 1 aliphatic rings. The van der Waals surface area contributed by atoms with E-state index in [-0.39, 0.29) is 5.63 Å². The number of halogens is 1. The van der Waals surface area contributed by atoms with Crippen molar-refractivity contribution in [1.82, 2.24) is 0 Å². The van der Waals surface area contributed by atoms with E-state index in [2.05, 4.69) is 0 Å². The van der Waals surface area contributed by atoms with Crippen molar-refractivity contribution in [2.24, 2.45) is 0 Å². The summed E-state index contributed by atoms with van der Waals surface area (Å²) in [4.78, 5) is 12.2. The number of hydrogen-bond donors (Lipinski definition) is 2. The standard InChI is InChI=1S/C17H19ClO4/c1-9-6-10(8-13(18)16(19)20)15-11-4-2-3-5-12(11)17(21)22-14(15)7-9/h6-7,13,16,19-20H,2-5,8H2,1H3. The minimum absolute atomic E-state index is 0.247. The molecule has 5 heteroatoms. The fraction of sp³-hybridized carbons (Fsp3) is 0.471. The molecule has 1 atom stereocenters. The lowest BCUT2D eigenvalue weighted by molar-refractivity contribution is -0.0414. The lowest BCUT2D eigenvalue weighted by Crippen LogP contribution is -2.23. The first kappa shape index (κ1) is 15.5. The van der Waals surface area contributed by atoms with Crippen LogP contribution in [0.2, 0.25) is 0 Å². The summed E-state index contributed by atoms with van der Waals surface area (Å²) in [6.07, 6.45) is 2.38. The minimum atomic E-state index is -1.58. The van der Waals surface area contributed by atoms with Crippen LogP contribution in [0.3, 0.4) is 0 Å². The largest absolute Gasteiger partial charge is 0.422 e. The van der Waals surface area contributed by atoms with Crippen molar-refractivity contribution in [1.29, 1.82) is 0 Å². The van der Waals surface area contributed by atoms with Gasteiger partial charge in [0.15, 0.2) is 6.29 Å². The van der Waals surface area contributed by atoms with Crippen molar-refractivity contribution in [3.05, 3.63) is 44.8 Å². The van der Waals surface area contributed by atoms with E-state index in [1.165, 1.54) is 0 Å². The predicted molar refractivity (Wildman–Crippen MR) is 85.4 cm³/mol. The van der Waals surface area contributed by atoms with Gasteiger partial charge in [-0.05, 0) is 61.8 Å². The van der Waals surface area contributed by atoms with Crippen molar-refractivity contribution in [3.63, 3.8) is 0 Å². The average molecular weight is 323 g/mol. The van der Waals surface area contributed by atoms with Crippen LogP contribution in [0.5, 0.6) is 0 Å². The Hall–Kier alpha value is -1.36. The maximum atomic E-state index is 12.2. The highest BCUT2D eigenvalue weighted by Gasteiger charge is 2.22. The van der Waals surface area contributed by atoms with Gasteiger partial charge in [-0.2, -0.15) is 0 Å². The third kappa shape index (κ3) is 2.78. The first-order valence-corrected chi connectivity index (χ1v) is 7.99. The van der Waals surface area contributed by atoms with E-state index in [1.54, 1.807) is 0 Å². The Morgan fingerprint density at radius 3 is 2.59 bits per heavy atom. The Bertz CT molecular complexity index is 763. The summed E-state index contributed by atoms with van der Waals surface area (Å²) in [6.45, 7) is 1.92. The summed E-state index contributed by atoms with van der Waals surface area (Å²) < 4.78 is 5.50. The molecule has 0 fully saturated rings. The summed E-state index contributed by atoms with van der Waals surface area (Å²) in [7, 11) is 0. The van der Waals surface area contributed by atoms with E-state index in [0.29, 0.717) is 12.0 Å². The zero-order valence-corrected chi connectivity index (χ0v) is 13.2. The number of aliphatic hydroxyl groups is 2. The predicted octanol–water partition coefficient (Wildman–Crippen LogP) is 2.44. The van der Waals surface area contributed by atoms with E-state index in [4.69, 9.17) is 16.0 Å². The fourth-order valence-corrected chi connectivity index (χ4v) is 3.46. The molecule has 2 aromatic rings. The van der Waals surface area contributed by atoms with Gasteiger partial charge in [0, 0.05) is 10.9 Å². The van der Waals surface area contributed by atoms with E-state index in [0.717, 1.165) is 53.3 Å². The average Bonchev–Trinajstić information content (AvgIpc) is 2.46. The summed E-state index contributed by atoms with van der Waals surface area (Å²) in [5.74, 6) is 0. The van der Waals surface area contributed by atoms with E-state index >= 15 is 0 Å². The van der Waals surface area contributed by atoms with Gasteiger partial charge in [-0.25, -0.2) is 4.79 Å². The monoisotopic (exact) mass is 322 g/mol. The van der Waals surface area contributed by atoms with Gasteiger partial charge in [-0.3, -0.25) is 0 Å². The third-order valence-electron chi connectivity index (χ3n) is 4.29. The smallest absolute Gasteiger partial charge is 0.339 e. The molecular weight excluding hydrogens is 304 g/mol.